The molecule has 2 aliphatic rings. The van der Waals surface area contributed by atoms with E-state index in [9.17, 15) is 4.79 Å². The van der Waals surface area contributed by atoms with Crippen molar-refractivity contribution in [2.24, 2.45) is 5.92 Å². The molecule has 6 heteroatoms. The van der Waals surface area contributed by atoms with E-state index in [-0.39, 0.29) is 5.92 Å². The molecule has 3 aromatic rings. The summed E-state index contributed by atoms with van der Waals surface area (Å²) in [6.07, 6.45) is 5.70. The van der Waals surface area contributed by atoms with Gasteiger partial charge < -0.3 is 14.2 Å². The minimum absolute atomic E-state index is 0.136. The van der Waals surface area contributed by atoms with E-state index in [1.807, 2.05) is 25.3 Å². The Bertz CT molecular complexity index is 1060. The summed E-state index contributed by atoms with van der Waals surface area (Å²) < 4.78 is 5.78. The van der Waals surface area contributed by atoms with E-state index in [1.54, 1.807) is 0 Å². The highest BCUT2D eigenvalue weighted by Gasteiger charge is 2.42. The third-order valence-electron chi connectivity index (χ3n) is 6.49. The van der Waals surface area contributed by atoms with Crippen LogP contribution in [-0.2, 0) is 11.2 Å². The van der Waals surface area contributed by atoms with Crippen molar-refractivity contribution in [3.8, 4) is 0 Å². The first kappa shape index (κ1) is 19.1. The molecular formula is C24H28N4O2. The topological polar surface area (TPSA) is 62.5 Å². The lowest BCUT2D eigenvalue weighted by atomic mass is 9.96. The molecule has 0 unspecified atom stereocenters. The van der Waals surface area contributed by atoms with Crippen molar-refractivity contribution in [2.75, 3.05) is 24.5 Å². The minimum atomic E-state index is 0.136. The van der Waals surface area contributed by atoms with E-state index in [1.165, 1.54) is 11.1 Å². The normalized spacial score (nSPS) is 21.5. The van der Waals surface area contributed by atoms with Gasteiger partial charge in [0.2, 0.25) is 5.91 Å². The summed E-state index contributed by atoms with van der Waals surface area (Å²) in [7, 11) is 0. The molecule has 0 spiro atoms. The number of aryl methyl sites for hydroxylation is 3. The fourth-order valence-electron chi connectivity index (χ4n) is 4.96. The Morgan fingerprint density at radius 3 is 2.90 bits per heavy atom. The first-order valence-electron chi connectivity index (χ1n) is 10.9. The van der Waals surface area contributed by atoms with Gasteiger partial charge in [0, 0.05) is 38.7 Å². The standard InChI is InChI=1S/C24H28N4O2/c1-16-9-10-22(25-14-16)27-11-12-28-20(15-27)13-19(24(28)29)7-3-5-18-6-4-8-21-23(18)30-17(2)26-21/h4,6,8-10,14,19-20H,3,5,7,11-13,15H2,1-2H3/t19-,20-/m0/s1. The van der Waals surface area contributed by atoms with E-state index < -0.39 is 0 Å². The Labute approximate surface area is 176 Å². The molecule has 2 saturated heterocycles. The Morgan fingerprint density at radius 2 is 2.07 bits per heavy atom. The molecule has 1 amide bonds. The van der Waals surface area contributed by atoms with Crippen molar-refractivity contribution >= 4 is 22.8 Å². The summed E-state index contributed by atoms with van der Waals surface area (Å²) in [6, 6.07) is 10.6. The number of rotatable bonds is 5. The summed E-state index contributed by atoms with van der Waals surface area (Å²) in [5, 5.41) is 0. The summed E-state index contributed by atoms with van der Waals surface area (Å²) in [6.45, 7) is 6.48. The zero-order chi connectivity index (χ0) is 20.7. The van der Waals surface area contributed by atoms with E-state index in [4.69, 9.17) is 4.42 Å². The zero-order valence-corrected chi connectivity index (χ0v) is 17.7. The van der Waals surface area contributed by atoms with Gasteiger partial charge in [-0.25, -0.2) is 9.97 Å². The van der Waals surface area contributed by atoms with Gasteiger partial charge >= 0.3 is 0 Å². The lowest BCUT2D eigenvalue weighted by molar-refractivity contribution is -0.132. The van der Waals surface area contributed by atoms with Crippen molar-refractivity contribution in [1.82, 2.24) is 14.9 Å². The number of hydrogen-bond acceptors (Lipinski definition) is 5. The average molecular weight is 405 g/mol. The SMILES string of the molecule is Cc1ccc(N2CCN3C(=O)[C@@H](CCCc4cccc5nc(C)oc45)C[C@H]3C2)nc1. The molecule has 0 bridgehead atoms. The number of anilines is 1. The molecule has 0 N–H and O–H groups in total. The maximum Gasteiger partial charge on any atom is 0.226 e. The number of carbonyl (C=O) groups is 1. The first-order valence-corrected chi connectivity index (χ1v) is 10.9. The van der Waals surface area contributed by atoms with Crippen molar-refractivity contribution in [1.29, 1.82) is 0 Å². The lowest BCUT2D eigenvalue weighted by Crippen LogP contribution is -2.51. The Hall–Kier alpha value is -2.89. The van der Waals surface area contributed by atoms with Crippen LogP contribution in [-0.4, -0.2) is 46.5 Å². The van der Waals surface area contributed by atoms with E-state index in [0.29, 0.717) is 17.8 Å². The molecule has 2 atom stereocenters. The van der Waals surface area contributed by atoms with Crippen LogP contribution in [0.5, 0.6) is 0 Å². The number of amides is 1. The molecule has 2 fully saturated rings. The number of piperazine rings is 1. The molecule has 2 aliphatic heterocycles. The molecule has 156 valence electrons. The first-order chi connectivity index (χ1) is 14.6. The molecule has 6 nitrogen and oxygen atoms in total. The second-order valence-corrected chi connectivity index (χ2v) is 8.65. The van der Waals surface area contributed by atoms with E-state index in [0.717, 1.165) is 62.2 Å². The average Bonchev–Trinajstić information content (AvgIpc) is 3.28. The highest BCUT2D eigenvalue weighted by molar-refractivity contribution is 5.82. The van der Waals surface area contributed by atoms with Crippen molar-refractivity contribution < 1.29 is 9.21 Å². The zero-order valence-electron chi connectivity index (χ0n) is 17.7. The van der Waals surface area contributed by atoms with Crippen molar-refractivity contribution in [3.05, 3.63) is 53.5 Å². The van der Waals surface area contributed by atoms with Gasteiger partial charge in [0.15, 0.2) is 11.5 Å². The highest BCUT2D eigenvalue weighted by atomic mass is 16.3. The van der Waals surface area contributed by atoms with E-state index >= 15 is 0 Å². The third-order valence-corrected chi connectivity index (χ3v) is 6.49. The van der Waals surface area contributed by atoms with Gasteiger partial charge in [-0.1, -0.05) is 18.2 Å². The fraction of sp³-hybridized carbons (Fsp3) is 0.458. The molecule has 4 heterocycles. The number of pyridine rings is 1. The summed E-state index contributed by atoms with van der Waals surface area (Å²) in [5.41, 5.74) is 4.17. The van der Waals surface area contributed by atoms with Gasteiger partial charge in [-0.2, -0.15) is 0 Å². The summed E-state index contributed by atoms with van der Waals surface area (Å²) >= 11 is 0. The number of benzene rings is 1. The minimum Gasteiger partial charge on any atom is -0.441 e. The molecule has 0 saturated carbocycles. The predicted octanol–water partition coefficient (Wildman–Crippen LogP) is 3.90. The molecule has 1 aromatic carbocycles. The second kappa shape index (κ2) is 7.74. The largest absolute Gasteiger partial charge is 0.441 e. The van der Waals surface area contributed by atoms with Gasteiger partial charge in [0.25, 0.3) is 0 Å². The van der Waals surface area contributed by atoms with Gasteiger partial charge in [-0.15, -0.1) is 0 Å². The highest BCUT2D eigenvalue weighted by Crippen LogP contribution is 2.32. The molecular weight excluding hydrogens is 376 g/mol. The summed E-state index contributed by atoms with van der Waals surface area (Å²) in [4.78, 5) is 26.4. The van der Waals surface area contributed by atoms with Crippen LogP contribution in [0.1, 0.15) is 36.3 Å². The molecule has 0 radical (unpaired) electrons. The third kappa shape index (κ3) is 3.55. The molecule has 5 rings (SSSR count). The Balaban J connectivity index is 1.20. The quantitative estimate of drug-likeness (QED) is 0.645. The maximum atomic E-state index is 12.9. The smallest absolute Gasteiger partial charge is 0.226 e. The van der Waals surface area contributed by atoms with Crippen LogP contribution >= 0.6 is 0 Å². The van der Waals surface area contributed by atoms with Gasteiger partial charge in [0.1, 0.15) is 11.3 Å². The number of oxazole rings is 1. The number of carbonyl (C=O) groups excluding carboxylic acids is 1. The van der Waals surface area contributed by atoms with Crippen LogP contribution < -0.4 is 4.90 Å². The molecule has 0 aliphatic carbocycles. The Kier molecular flexibility index (Phi) is 4.93. The molecule has 30 heavy (non-hydrogen) atoms. The van der Waals surface area contributed by atoms with Crippen LogP contribution in [0.4, 0.5) is 5.82 Å². The van der Waals surface area contributed by atoms with Gasteiger partial charge in [-0.05, 0) is 55.9 Å². The number of para-hydroxylation sites is 1. The number of aromatic nitrogens is 2. The van der Waals surface area contributed by atoms with Crippen molar-refractivity contribution in [3.63, 3.8) is 0 Å². The monoisotopic (exact) mass is 404 g/mol. The van der Waals surface area contributed by atoms with Crippen LogP contribution in [0.3, 0.4) is 0 Å². The lowest BCUT2D eigenvalue weighted by Gasteiger charge is -2.38. The van der Waals surface area contributed by atoms with Crippen LogP contribution in [0.15, 0.2) is 40.9 Å². The Morgan fingerprint density at radius 1 is 1.17 bits per heavy atom. The van der Waals surface area contributed by atoms with Crippen molar-refractivity contribution in [2.45, 2.75) is 45.6 Å². The van der Waals surface area contributed by atoms with E-state index in [2.05, 4.69) is 44.9 Å². The van der Waals surface area contributed by atoms with Gasteiger partial charge in [-0.3, -0.25) is 4.79 Å². The van der Waals surface area contributed by atoms with Crippen LogP contribution in [0.2, 0.25) is 0 Å². The molecule has 2 aromatic heterocycles. The number of nitrogens with zero attached hydrogens (tertiary/aromatic N) is 4. The van der Waals surface area contributed by atoms with Gasteiger partial charge in [0.05, 0.1) is 6.04 Å². The predicted molar refractivity (Wildman–Crippen MR) is 116 cm³/mol. The fourth-order valence-corrected chi connectivity index (χ4v) is 4.96. The number of hydrogen-bond donors (Lipinski definition) is 0. The maximum absolute atomic E-state index is 12.9. The number of fused-ring (bicyclic) bond motifs is 2. The second-order valence-electron chi connectivity index (χ2n) is 8.65. The van der Waals surface area contributed by atoms with Crippen LogP contribution in [0, 0.1) is 19.8 Å². The van der Waals surface area contributed by atoms with Crippen LogP contribution in [0.25, 0.3) is 11.1 Å². The summed E-state index contributed by atoms with van der Waals surface area (Å²) in [5.74, 6) is 2.20.